The molecule has 2 atom stereocenters. The number of hydrogen-bond donors (Lipinski definition) is 1. The third-order valence-electron chi connectivity index (χ3n) is 4.77. The average Bonchev–Trinajstić information content (AvgIpc) is 2.46. The van der Waals surface area contributed by atoms with Gasteiger partial charge in [-0.3, -0.25) is 4.79 Å². The van der Waals surface area contributed by atoms with Gasteiger partial charge in [0.2, 0.25) is 0 Å². The lowest BCUT2D eigenvalue weighted by molar-refractivity contribution is 0.0317. The molecule has 0 bridgehead atoms. The first-order valence-electron chi connectivity index (χ1n) is 7.50. The summed E-state index contributed by atoms with van der Waals surface area (Å²) in [6.07, 6.45) is 3.59. The Hall–Kier alpha value is -1.55. The van der Waals surface area contributed by atoms with Crippen molar-refractivity contribution >= 4 is 11.6 Å². The molecule has 20 heavy (non-hydrogen) atoms. The largest absolute Gasteiger partial charge is 0.399 e. The van der Waals surface area contributed by atoms with E-state index in [9.17, 15) is 4.79 Å². The van der Waals surface area contributed by atoms with Crippen molar-refractivity contribution < 1.29 is 4.79 Å². The molecule has 0 aliphatic carbocycles. The zero-order valence-corrected chi connectivity index (χ0v) is 12.1. The van der Waals surface area contributed by atoms with Crippen LogP contribution in [-0.2, 0) is 0 Å². The second kappa shape index (κ2) is 5.44. The Labute approximate surface area is 120 Å². The molecule has 2 fully saturated rings. The van der Waals surface area contributed by atoms with Crippen molar-refractivity contribution in [3.63, 3.8) is 0 Å². The summed E-state index contributed by atoms with van der Waals surface area (Å²) < 4.78 is 0. The molecule has 2 heterocycles. The van der Waals surface area contributed by atoms with Crippen molar-refractivity contribution in [1.82, 2.24) is 9.80 Å². The van der Waals surface area contributed by atoms with Crippen LogP contribution in [0.4, 0.5) is 5.69 Å². The van der Waals surface area contributed by atoms with Gasteiger partial charge in [0.05, 0.1) is 0 Å². The fourth-order valence-corrected chi connectivity index (χ4v) is 3.69. The number of anilines is 1. The predicted octanol–water partition coefficient (Wildman–Crippen LogP) is 1.83. The van der Waals surface area contributed by atoms with Crippen LogP contribution in [0, 0.1) is 5.92 Å². The number of carbonyl (C=O) groups excluding carboxylic acids is 1. The average molecular weight is 273 g/mol. The molecular weight excluding hydrogens is 250 g/mol. The van der Waals surface area contributed by atoms with Crippen LogP contribution in [0.15, 0.2) is 24.3 Å². The lowest BCUT2D eigenvalue weighted by Crippen LogP contribution is -2.53. The number of carbonyl (C=O) groups is 1. The SMILES string of the molecule is CN1CCCC2CN(C(=O)c3cccc(N)c3)CCC21. The monoisotopic (exact) mass is 273 g/mol. The Balaban J connectivity index is 1.71. The molecule has 2 aliphatic heterocycles. The van der Waals surface area contributed by atoms with E-state index in [1.54, 1.807) is 6.07 Å². The second-order valence-corrected chi connectivity index (χ2v) is 6.12. The summed E-state index contributed by atoms with van der Waals surface area (Å²) in [7, 11) is 2.21. The number of likely N-dealkylation sites (tertiary alicyclic amines) is 2. The van der Waals surface area contributed by atoms with Crippen molar-refractivity contribution in [3.05, 3.63) is 29.8 Å². The van der Waals surface area contributed by atoms with Crippen LogP contribution in [0.3, 0.4) is 0 Å². The molecule has 4 heteroatoms. The van der Waals surface area contributed by atoms with E-state index in [4.69, 9.17) is 5.73 Å². The number of nitrogens with zero attached hydrogens (tertiary/aromatic N) is 2. The van der Waals surface area contributed by atoms with Crippen LogP contribution in [0.1, 0.15) is 29.6 Å². The van der Waals surface area contributed by atoms with Crippen molar-refractivity contribution in [1.29, 1.82) is 0 Å². The highest BCUT2D eigenvalue weighted by Crippen LogP contribution is 2.30. The zero-order chi connectivity index (χ0) is 14.1. The summed E-state index contributed by atoms with van der Waals surface area (Å²) in [6, 6.07) is 7.97. The molecule has 1 amide bonds. The number of benzene rings is 1. The summed E-state index contributed by atoms with van der Waals surface area (Å²) in [5.74, 6) is 0.761. The molecule has 108 valence electrons. The molecular formula is C16H23N3O. The molecule has 4 nitrogen and oxygen atoms in total. The lowest BCUT2D eigenvalue weighted by Gasteiger charge is -2.46. The lowest BCUT2D eigenvalue weighted by atomic mass is 9.84. The van der Waals surface area contributed by atoms with E-state index >= 15 is 0 Å². The molecule has 0 spiro atoms. The van der Waals surface area contributed by atoms with Crippen LogP contribution in [0.2, 0.25) is 0 Å². The van der Waals surface area contributed by atoms with Crippen LogP contribution < -0.4 is 5.73 Å². The first-order valence-corrected chi connectivity index (χ1v) is 7.50. The van der Waals surface area contributed by atoms with Gasteiger partial charge in [0.15, 0.2) is 0 Å². The van der Waals surface area contributed by atoms with E-state index < -0.39 is 0 Å². The number of rotatable bonds is 1. The van der Waals surface area contributed by atoms with Gasteiger partial charge in [-0.05, 0) is 57.0 Å². The maximum Gasteiger partial charge on any atom is 0.253 e. The molecule has 1 aromatic rings. The van der Waals surface area contributed by atoms with Gasteiger partial charge in [-0.1, -0.05) is 6.07 Å². The number of nitrogen functional groups attached to an aromatic ring is 1. The summed E-state index contributed by atoms with van der Waals surface area (Å²) >= 11 is 0. The number of nitrogens with two attached hydrogens (primary N) is 1. The molecule has 2 saturated heterocycles. The van der Waals surface area contributed by atoms with Crippen LogP contribution in [0.5, 0.6) is 0 Å². The van der Waals surface area contributed by atoms with Gasteiger partial charge in [-0.25, -0.2) is 0 Å². The van der Waals surface area contributed by atoms with Gasteiger partial charge in [-0.2, -0.15) is 0 Å². The Bertz CT molecular complexity index is 502. The minimum absolute atomic E-state index is 0.129. The number of amides is 1. The van der Waals surface area contributed by atoms with Gasteiger partial charge in [0.25, 0.3) is 5.91 Å². The minimum atomic E-state index is 0.129. The highest BCUT2D eigenvalue weighted by Gasteiger charge is 2.35. The van der Waals surface area contributed by atoms with Gasteiger partial charge >= 0.3 is 0 Å². The van der Waals surface area contributed by atoms with E-state index in [0.717, 1.165) is 19.5 Å². The Morgan fingerprint density at radius 2 is 2.15 bits per heavy atom. The molecule has 2 N–H and O–H groups in total. The van der Waals surface area contributed by atoms with Crippen LogP contribution >= 0.6 is 0 Å². The molecule has 3 rings (SSSR count). The maximum absolute atomic E-state index is 12.6. The summed E-state index contributed by atoms with van der Waals surface area (Å²) in [5, 5.41) is 0. The van der Waals surface area contributed by atoms with E-state index in [1.807, 2.05) is 23.1 Å². The Kier molecular flexibility index (Phi) is 3.66. The Morgan fingerprint density at radius 3 is 2.95 bits per heavy atom. The second-order valence-electron chi connectivity index (χ2n) is 6.12. The van der Waals surface area contributed by atoms with Crippen molar-refractivity contribution in [2.75, 3.05) is 32.4 Å². The number of hydrogen-bond acceptors (Lipinski definition) is 3. The van der Waals surface area contributed by atoms with Gasteiger partial charge in [0, 0.05) is 30.4 Å². The van der Waals surface area contributed by atoms with Crippen molar-refractivity contribution in [3.8, 4) is 0 Å². The predicted molar refractivity (Wildman–Crippen MR) is 80.5 cm³/mol. The molecule has 0 radical (unpaired) electrons. The first-order chi connectivity index (χ1) is 9.65. The van der Waals surface area contributed by atoms with Crippen molar-refractivity contribution in [2.45, 2.75) is 25.3 Å². The first kappa shape index (κ1) is 13.4. The Morgan fingerprint density at radius 1 is 1.30 bits per heavy atom. The normalized spacial score (nSPS) is 27.1. The number of piperidine rings is 2. The maximum atomic E-state index is 12.6. The topological polar surface area (TPSA) is 49.6 Å². The standard InChI is InChI=1S/C16H23N3O/c1-18-8-3-5-13-11-19(9-7-15(13)18)16(20)12-4-2-6-14(17)10-12/h2,4,6,10,13,15H,3,5,7-9,11,17H2,1H3. The fourth-order valence-electron chi connectivity index (χ4n) is 3.69. The van der Waals surface area contributed by atoms with E-state index in [-0.39, 0.29) is 5.91 Å². The molecule has 2 aliphatic rings. The summed E-state index contributed by atoms with van der Waals surface area (Å²) in [6.45, 7) is 2.95. The number of fused-ring (bicyclic) bond motifs is 1. The van der Waals surface area contributed by atoms with Crippen LogP contribution in [0.25, 0.3) is 0 Å². The zero-order valence-electron chi connectivity index (χ0n) is 12.1. The third kappa shape index (κ3) is 2.52. The molecule has 1 aromatic carbocycles. The fraction of sp³-hybridized carbons (Fsp3) is 0.562. The van der Waals surface area contributed by atoms with Crippen LogP contribution in [-0.4, -0.2) is 48.4 Å². The van der Waals surface area contributed by atoms with Gasteiger partial charge in [-0.15, -0.1) is 0 Å². The highest BCUT2D eigenvalue weighted by atomic mass is 16.2. The van der Waals surface area contributed by atoms with E-state index in [0.29, 0.717) is 23.2 Å². The highest BCUT2D eigenvalue weighted by molar-refractivity contribution is 5.95. The van der Waals surface area contributed by atoms with Crippen molar-refractivity contribution in [2.24, 2.45) is 5.92 Å². The quantitative estimate of drug-likeness (QED) is 0.794. The molecule has 0 aromatic heterocycles. The van der Waals surface area contributed by atoms with Gasteiger partial charge < -0.3 is 15.5 Å². The summed E-state index contributed by atoms with van der Waals surface area (Å²) in [4.78, 5) is 17.0. The summed E-state index contributed by atoms with van der Waals surface area (Å²) in [5.41, 5.74) is 7.14. The van der Waals surface area contributed by atoms with E-state index in [2.05, 4.69) is 11.9 Å². The smallest absolute Gasteiger partial charge is 0.253 e. The third-order valence-corrected chi connectivity index (χ3v) is 4.77. The van der Waals surface area contributed by atoms with E-state index in [1.165, 1.54) is 19.4 Å². The van der Waals surface area contributed by atoms with Gasteiger partial charge in [0.1, 0.15) is 0 Å². The minimum Gasteiger partial charge on any atom is -0.399 e. The molecule has 2 unspecified atom stereocenters. The molecule has 0 saturated carbocycles.